The van der Waals surface area contributed by atoms with Crippen molar-refractivity contribution in [3.63, 3.8) is 0 Å². The van der Waals surface area contributed by atoms with Crippen molar-refractivity contribution in [2.24, 2.45) is 11.8 Å². The Bertz CT molecular complexity index is 862. The number of nitrogens with zero attached hydrogens (tertiary/aromatic N) is 2. The molecule has 25 heavy (non-hydrogen) atoms. The summed E-state index contributed by atoms with van der Waals surface area (Å²) in [6.45, 7) is 5.40. The van der Waals surface area contributed by atoms with Gasteiger partial charge in [-0.25, -0.2) is 0 Å². The van der Waals surface area contributed by atoms with Crippen LogP contribution in [-0.4, -0.2) is 41.8 Å². The third-order valence-electron chi connectivity index (χ3n) is 7.91. The molecular weight excluding hydrogens is 308 g/mol. The van der Waals surface area contributed by atoms with E-state index in [9.17, 15) is 0 Å². The van der Waals surface area contributed by atoms with Crippen LogP contribution in [0.25, 0.3) is 10.9 Å². The molecule has 3 aliphatic rings. The Hall–Kier alpha value is -1.87. The Morgan fingerprint density at radius 1 is 1.36 bits per heavy atom. The number of ether oxygens (including phenoxy) is 1. The average Bonchev–Trinajstić information content (AvgIpc) is 2.78. The van der Waals surface area contributed by atoms with Crippen molar-refractivity contribution in [3.8, 4) is 5.75 Å². The van der Waals surface area contributed by atoms with E-state index >= 15 is 0 Å². The highest BCUT2D eigenvalue weighted by molar-refractivity contribution is 5.83. The Kier molecular flexibility index (Phi) is 3.12. The van der Waals surface area contributed by atoms with Crippen LogP contribution in [0.5, 0.6) is 5.75 Å². The number of pyridine rings is 1. The maximum Gasteiger partial charge on any atom is 0.119 e. The third-order valence-corrected chi connectivity index (χ3v) is 7.91. The highest BCUT2D eigenvalue weighted by Crippen LogP contribution is 2.67. The number of benzene rings is 1. The van der Waals surface area contributed by atoms with Gasteiger partial charge in [-0.05, 0) is 35.7 Å². The van der Waals surface area contributed by atoms with E-state index in [0.29, 0.717) is 5.54 Å². The molecule has 0 N–H and O–H groups in total. The molecule has 0 radical (unpaired) electrons. The average molecular weight is 335 g/mol. The number of methoxy groups -OCH3 is 1. The second-order valence-electron chi connectivity index (χ2n) is 8.51. The quantitative estimate of drug-likeness (QED) is 0.623. The van der Waals surface area contributed by atoms with Crippen molar-refractivity contribution in [3.05, 3.63) is 48.7 Å². The van der Waals surface area contributed by atoms with Crippen molar-refractivity contribution in [2.45, 2.75) is 37.3 Å². The van der Waals surface area contributed by atoms with E-state index in [1.165, 1.54) is 41.2 Å². The fourth-order valence-corrected chi connectivity index (χ4v) is 6.39. The van der Waals surface area contributed by atoms with E-state index in [0.717, 1.165) is 35.6 Å². The first kappa shape index (κ1) is 15.4. The fourth-order valence-electron chi connectivity index (χ4n) is 6.39. The zero-order valence-corrected chi connectivity index (χ0v) is 15.2. The van der Waals surface area contributed by atoms with Gasteiger partial charge < -0.3 is 9.22 Å². The SMILES string of the molecule is C=CC1CC23CC(Cc4ccnc5ccc(OC)cc45)[N+]2(C)CCC13. The van der Waals surface area contributed by atoms with Gasteiger partial charge in [-0.3, -0.25) is 4.98 Å². The molecular formula is C22H27N2O+. The lowest BCUT2D eigenvalue weighted by molar-refractivity contribution is -1.02. The van der Waals surface area contributed by atoms with Crippen LogP contribution in [-0.2, 0) is 6.42 Å². The van der Waals surface area contributed by atoms with E-state index in [4.69, 9.17) is 4.74 Å². The summed E-state index contributed by atoms with van der Waals surface area (Å²) in [4.78, 5) is 4.54. The van der Waals surface area contributed by atoms with Gasteiger partial charge in [0.05, 0.1) is 38.7 Å². The third kappa shape index (κ3) is 1.82. The Morgan fingerprint density at radius 2 is 2.24 bits per heavy atom. The minimum absolute atomic E-state index is 0.573. The van der Waals surface area contributed by atoms with Crippen LogP contribution in [0, 0.1) is 11.8 Å². The molecule has 5 rings (SSSR count). The van der Waals surface area contributed by atoms with E-state index < -0.39 is 0 Å². The largest absolute Gasteiger partial charge is 0.497 e. The number of likely N-dealkylation sites (N-methyl/N-ethyl adjacent to an activating group) is 1. The predicted octanol–water partition coefficient (Wildman–Crippen LogP) is 3.97. The predicted molar refractivity (Wildman–Crippen MR) is 101 cm³/mol. The molecule has 1 aromatic carbocycles. The first-order valence-electron chi connectivity index (χ1n) is 9.51. The first-order chi connectivity index (χ1) is 12.1. The van der Waals surface area contributed by atoms with Crippen molar-refractivity contribution >= 4 is 10.9 Å². The minimum Gasteiger partial charge on any atom is -0.497 e. The fraction of sp³-hybridized carbons (Fsp3) is 0.500. The minimum atomic E-state index is 0.573. The monoisotopic (exact) mass is 335 g/mol. The molecule has 2 aromatic rings. The molecule has 0 amide bonds. The number of aromatic nitrogens is 1. The standard InChI is InChI=1S/C22H27N2O/c1-4-15-13-22-14-17(24(22,2)10-8-20(15)22)11-16-7-9-23-21-6-5-18(25-3)12-19(16)21/h4-7,9,12,15,17,20H,1,8,10-11,13-14H2,2-3H3/q+1. The van der Waals surface area contributed by atoms with Gasteiger partial charge in [0, 0.05) is 36.8 Å². The molecule has 5 unspecified atom stereocenters. The van der Waals surface area contributed by atoms with Gasteiger partial charge in [0.25, 0.3) is 0 Å². The molecule has 1 saturated carbocycles. The lowest BCUT2D eigenvalue weighted by atomic mass is 9.52. The molecule has 2 saturated heterocycles. The normalized spacial score (nSPS) is 38.4. The van der Waals surface area contributed by atoms with Gasteiger partial charge in [0.1, 0.15) is 11.3 Å². The zero-order valence-electron chi connectivity index (χ0n) is 15.2. The van der Waals surface area contributed by atoms with Crippen molar-refractivity contribution in [1.29, 1.82) is 0 Å². The first-order valence-corrected chi connectivity index (χ1v) is 9.51. The van der Waals surface area contributed by atoms with Crippen LogP contribution in [0.2, 0.25) is 0 Å². The summed E-state index contributed by atoms with van der Waals surface area (Å²) in [7, 11) is 4.24. The number of quaternary nitrogens is 1. The van der Waals surface area contributed by atoms with Gasteiger partial charge in [-0.1, -0.05) is 6.08 Å². The van der Waals surface area contributed by atoms with Crippen LogP contribution in [0.4, 0.5) is 0 Å². The summed E-state index contributed by atoms with van der Waals surface area (Å²) >= 11 is 0. The Morgan fingerprint density at radius 3 is 3.04 bits per heavy atom. The van der Waals surface area contributed by atoms with E-state index in [1.54, 1.807) is 7.11 Å². The van der Waals surface area contributed by atoms with Gasteiger partial charge in [0.2, 0.25) is 0 Å². The molecule has 3 fully saturated rings. The number of allylic oxidation sites excluding steroid dienone is 1. The summed E-state index contributed by atoms with van der Waals surface area (Å²) in [5.41, 5.74) is 3.07. The van der Waals surface area contributed by atoms with E-state index in [2.05, 4.69) is 42.9 Å². The number of hydrogen-bond donors (Lipinski definition) is 0. The van der Waals surface area contributed by atoms with Gasteiger partial charge in [-0.2, -0.15) is 0 Å². The van der Waals surface area contributed by atoms with Gasteiger partial charge in [0.15, 0.2) is 0 Å². The van der Waals surface area contributed by atoms with Gasteiger partial charge in [-0.15, -0.1) is 6.58 Å². The highest BCUT2D eigenvalue weighted by atomic mass is 16.5. The molecule has 1 aliphatic carbocycles. The molecule has 1 aromatic heterocycles. The Labute approximate surface area is 149 Å². The van der Waals surface area contributed by atoms with Crippen LogP contribution in [0.15, 0.2) is 43.1 Å². The molecule has 130 valence electrons. The number of rotatable bonds is 4. The van der Waals surface area contributed by atoms with Crippen molar-refractivity contribution < 1.29 is 9.22 Å². The molecule has 1 spiro atoms. The second kappa shape index (κ2) is 5.07. The summed E-state index contributed by atoms with van der Waals surface area (Å²) in [6.07, 6.45) is 9.44. The second-order valence-corrected chi connectivity index (χ2v) is 8.51. The lowest BCUT2D eigenvalue weighted by Gasteiger charge is -2.68. The highest BCUT2D eigenvalue weighted by Gasteiger charge is 2.76. The van der Waals surface area contributed by atoms with Crippen LogP contribution >= 0.6 is 0 Å². The molecule has 5 atom stereocenters. The molecule has 2 aliphatic heterocycles. The van der Waals surface area contributed by atoms with Crippen molar-refractivity contribution in [1.82, 2.24) is 4.98 Å². The molecule has 3 heterocycles. The van der Waals surface area contributed by atoms with E-state index in [-0.39, 0.29) is 0 Å². The summed E-state index contributed by atoms with van der Waals surface area (Å²) < 4.78 is 6.72. The van der Waals surface area contributed by atoms with Crippen LogP contribution in [0.3, 0.4) is 0 Å². The smallest absolute Gasteiger partial charge is 0.119 e. The topological polar surface area (TPSA) is 22.1 Å². The van der Waals surface area contributed by atoms with Crippen LogP contribution < -0.4 is 4.74 Å². The summed E-state index contributed by atoms with van der Waals surface area (Å²) in [5, 5.41) is 1.25. The maximum absolute atomic E-state index is 5.43. The van der Waals surface area contributed by atoms with Crippen LogP contribution in [0.1, 0.15) is 24.8 Å². The number of hydrogen-bond acceptors (Lipinski definition) is 2. The Balaban J connectivity index is 1.44. The summed E-state index contributed by atoms with van der Waals surface area (Å²) in [5.74, 6) is 2.58. The number of fused-ring (bicyclic) bond motifs is 1. The lowest BCUT2D eigenvalue weighted by Crippen LogP contribution is -2.80. The molecule has 3 nitrogen and oxygen atoms in total. The van der Waals surface area contributed by atoms with E-state index in [1.807, 2.05) is 12.3 Å². The van der Waals surface area contributed by atoms with Crippen molar-refractivity contribution in [2.75, 3.05) is 20.7 Å². The molecule has 0 bridgehead atoms. The maximum atomic E-state index is 5.43. The van der Waals surface area contributed by atoms with Gasteiger partial charge >= 0.3 is 0 Å². The summed E-state index contributed by atoms with van der Waals surface area (Å²) in [6, 6.07) is 9.17. The zero-order chi connectivity index (χ0) is 17.2. The molecule has 3 heteroatoms.